The van der Waals surface area contributed by atoms with Crippen molar-refractivity contribution >= 4 is 46.0 Å². The number of likely N-dealkylation sites (N-methyl/N-ethyl adjacent to an activating group) is 1. The van der Waals surface area contributed by atoms with Crippen molar-refractivity contribution < 1.29 is 14.1 Å². The predicted molar refractivity (Wildman–Crippen MR) is 120 cm³/mol. The first kappa shape index (κ1) is 20.7. The molecule has 2 fully saturated rings. The number of nitro benzene ring substituents is 1. The average molecular weight is 445 g/mol. The summed E-state index contributed by atoms with van der Waals surface area (Å²) in [5.41, 5.74) is 1.18. The number of thiocarbonyl (C=S) groups is 1. The third-order valence-electron chi connectivity index (χ3n) is 5.05. The lowest BCUT2D eigenvalue weighted by Gasteiger charge is -2.37. The van der Waals surface area contributed by atoms with Gasteiger partial charge in [0.2, 0.25) is 0 Å². The largest absolute Gasteiger partial charge is 0.456 e. The van der Waals surface area contributed by atoms with E-state index >= 15 is 0 Å². The molecule has 3 heterocycles. The molecule has 2 aromatic rings. The molecule has 0 N–H and O–H groups in total. The number of amides is 1. The van der Waals surface area contributed by atoms with Crippen molar-refractivity contribution in [3.63, 3.8) is 0 Å². The molecule has 1 aromatic carbocycles. The molecule has 0 unspecified atom stereocenters. The molecule has 30 heavy (non-hydrogen) atoms. The molecule has 2 aliphatic heterocycles. The molecule has 2 saturated heterocycles. The van der Waals surface area contributed by atoms with E-state index < -0.39 is 4.92 Å². The van der Waals surface area contributed by atoms with Gasteiger partial charge in [-0.25, -0.2) is 10.0 Å². The Morgan fingerprint density at radius 2 is 1.93 bits per heavy atom. The van der Waals surface area contributed by atoms with E-state index in [1.807, 2.05) is 5.01 Å². The standard InChI is InChI=1S/C20H20N4O4S2/c1-13-3-5-15(16(11-13)24(26)27)17-6-4-14(28-17)12-18-19(25)23(20(29)30-18)22-9-7-21(2)8-10-22/h3-6,11-12H,7-10H2,1-2H3/b18-12-. The first-order valence-electron chi connectivity index (χ1n) is 9.40. The quantitative estimate of drug-likeness (QED) is 0.307. The highest BCUT2D eigenvalue weighted by atomic mass is 32.2. The van der Waals surface area contributed by atoms with Crippen molar-refractivity contribution in [2.24, 2.45) is 0 Å². The monoisotopic (exact) mass is 444 g/mol. The second-order valence-electron chi connectivity index (χ2n) is 7.23. The molecule has 156 valence electrons. The maximum Gasteiger partial charge on any atom is 0.281 e. The number of hydrogen-bond acceptors (Lipinski definition) is 8. The van der Waals surface area contributed by atoms with Crippen molar-refractivity contribution in [1.29, 1.82) is 0 Å². The highest BCUT2D eigenvalue weighted by Crippen LogP contribution is 2.36. The Morgan fingerprint density at radius 3 is 2.63 bits per heavy atom. The molecule has 1 amide bonds. The molecular weight excluding hydrogens is 424 g/mol. The fourth-order valence-electron chi connectivity index (χ4n) is 3.40. The Kier molecular flexibility index (Phi) is 5.74. The lowest BCUT2D eigenvalue weighted by Crippen LogP contribution is -2.54. The number of hydrogen-bond donors (Lipinski definition) is 0. The summed E-state index contributed by atoms with van der Waals surface area (Å²) in [5, 5.41) is 14.9. The van der Waals surface area contributed by atoms with E-state index in [1.54, 1.807) is 42.3 Å². The van der Waals surface area contributed by atoms with Crippen LogP contribution in [0.3, 0.4) is 0 Å². The van der Waals surface area contributed by atoms with Gasteiger partial charge in [-0.3, -0.25) is 14.9 Å². The van der Waals surface area contributed by atoms with Crippen molar-refractivity contribution in [3.05, 3.63) is 56.7 Å². The van der Waals surface area contributed by atoms with E-state index in [-0.39, 0.29) is 11.6 Å². The third kappa shape index (κ3) is 4.04. The van der Waals surface area contributed by atoms with Crippen molar-refractivity contribution in [2.45, 2.75) is 6.92 Å². The summed E-state index contributed by atoms with van der Waals surface area (Å²) in [6.45, 7) is 5.00. The fraction of sp³-hybridized carbons (Fsp3) is 0.300. The Balaban J connectivity index is 1.57. The SMILES string of the molecule is Cc1ccc(-c2ccc(/C=C3\SC(=S)N(N4CCN(C)CC4)C3=O)o2)c([N+](=O)[O-])c1. The Hall–Kier alpha value is -2.53. The number of hydrazine groups is 1. The van der Waals surface area contributed by atoms with Crippen LogP contribution in [0.2, 0.25) is 0 Å². The number of piperazine rings is 1. The number of carbonyl (C=O) groups is 1. The van der Waals surface area contributed by atoms with Crippen molar-refractivity contribution in [2.75, 3.05) is 33.2 Å². The van der Waals surface area contributed by atoms with Crippen LogP contribution in [-0.2, 0) is 4.79 Å². The number of aryl methyl sites for hydroxylation is 1. The molecule has 8 nitrogen and oxygen atoms in total. The highest BCUT2D eigenvalue weighted by Gasteiger charge is 2.37. The normalized spacial score (nSPS) is 19.8. The Bertz CT molecular complexity index is 1060. The fourth-order valence-corrected chi connectivity index (χ4v) is 4.69. The average Bonchev–Trinajstić information content (AvgIpc) is 3.27. The molecule has 2 aliphatic rings. The van der Waals surface area contributed by atoms with Crippen LogP contribution in [-0.4, -0.2) is 63.3 Å². The highest BCUT2D eigenvalue weighted by molar-refractivity contribution is 8.26. The maximum atomic E-state index is 12.9. The summed E-state index contributed by atoms with van der Waals surface area (Å²) in [4.78, 5) is 26.6. The number of rotatable bonds is 4. The number of nitrogens with zero attached hydrogens (tertiary/aromatic N) is 4. The van der Waals surface area contributed by atoms with Crippen LogP contribution >= 0.6 is 24.0 Å². The molecule has 1 aromatic heterocycles. The van der Waals surface area contributed by atoms with E-state index in [0.29, 0.717) is 26.3 Å². The van der Waals surface area contributed by atoms with Crippen LogP contribution in [0.4, 0.5) is 5.69 Å². The van der Waals surface area contributed by atoms with Crippen LogP contribution in [0, 0.1) is 17.0 Å². The number of furan rings is 1. The number of benzene rings is 1. The Morgan fingerprint density at radius 1 is 1.20 bits per heavy atom. The molecular formula is C20H20N4O4S2. The first-order valence-corrected chi connectivity index (χ1v) is 10.6. The Labute approximate surface area is 183 Å². The summed E-state index contributed by atoms with van der Waals surface area (Å²) in [7, 11) is 2.05. The zero-order chi connectivity index (χ0) is 21.4. The smallest absolute Gasteiger partial charge is 0.281 e. The number of carbonyl (C=O) groups excluding carboxylic acids is 1. The van der Waals surface area contributed by atoms with Crippen LogP contribution < -0.4 is 0 Å². The van der Waals surface area contributed by atoms with Gasteiger partial charge in [0.25, 0.3) is 11.6 Å². The molecule has 0 radical (unpaired) electrons. The van der Waals surface area contributed by atoms with Gasteiger partial charge in [0, 0.05) is 38.3 Å². The molecule has 0 spiro atoms. The van der Waals surface area contributed by atoms with Crippen molar-refractivity contribution in [1.82, 2.24) is 14.9 Å². The van der Waals surface area contributed by atoms with Gasteiger partial charge in [-0.1, -0.05) is 30.0 Å². The van der Waals surface area contributed by atoms with Crippen molar-refractivity contribution in [3.8, 4) is 11.3 Å². The molecule has 0 atom stereocenters. The van der Waals surface area contributed by atoms with Crippen LogP contribution in [0.1, 0.15) is 11.3 Å². The third-order valence-corrected chi connectivity index (χ3v) is 6.33. The summed E-state index contributed by atoms with van der Waals surface area (Å²) >= 11 is 6.66. The van der Waals surface area contributed by atoms with Gasteiger partial charge >= 0.3 is 0 Å². The van der Waals surface area contributed by atoms with E-state index in [1.165, 1.54) is 17.8 Å². The van der Waals surface area contributed by atoms with Gasteiger partial charge in [-0.05, 0) is 37.7 Å². The minimum absolute atomic E-state index is 0.0164. The molecule has 0 bridgehead atoms. The topological polar surface area (TPSA) is 83.1 Å². The summed E-state index contributed by atoms with van der Waals surface area (Å²) in [5.74, 6) is 0.648. The minimum Gasteiger partial charge on any atom is -0.456 e. The van der Waals surface area contributed by atoms with Crippen LogP contribution in [0.15, 0.2) is 39.7 Å². The molecule has 0 saturated carbocycles. The predicted octanol–water partition coefficient (Wildman–Crippen LogP) is 3.53. The van der Waals surface area contributed by atoms with E-state index in [0.717, 1.165) is 31.7 Å². The van der Waals surface area contributed by atoms with E-state index in [9.17, 15) is 14.9 Å². The first-order chi connectivity index (χ1) is 14.3. The summed E-state index contributed by atoms with van der Waals surface area (Å²) in [6, 6.07) is 8.35. The lowest BCUT2D eigenvalue weighted by atomic mass is 10.1. The summed E-state index contributed by atoms with van der Waals surface area (Å²) < 4.78 is 6.31. The van der Waals surface area contributed by atoms with Gasteiger partial charge < -0.3 is 9.32 Å². The zero-order valence-electron chi connectivity index (χ0n) is 16.5. The second-order valence-corrected chi connectivity index (χ2v) is 8.91. The minimum atomic E-state index is -0.425. The van der Waals surface area contributed by atoms with Gasteiger partial charge in [-0.2, -0.15) is 0 Å². The molecule has 0 aliphatic carbocycles. The van der Waals surface area contributed by atoms with E-state index in [4.69, 9.17) is 16.6 Å². The number of thioether (sulfide) groups is 1. The lowest BCUT2D eigenvalue weighted by molar-refractivity contribution is -0.384. The maximum absolute atomic E-state index is 12.9. The van der Waals surface area contributed by atoms with Gasteiger partial charge in [0.1, 0.15) is 11.5 Å². The van der Waals surface area contributed by atoms with Crippen LogP contribution in [0.25, 0.3) is 17.4 Å². The van der Waals surface area contributed by atoms with Gasteiger partial charge in [-0.15, -0.1) is 0 Å². The zero-order valence-corrected chi connectivity index (χ0v) is 18.2. The van der Waals surface area contributed by atoms with Gasteiger partial charge in [0.15, 0.2) is 4.32 Å². The van der Waals surface area contributed by atoms with Crippen LogP contribution in [0.5, 0.6) is 0 Å². The van der Waals surface area contributed by atoms with E-state index in [2.05, 4.69) is 11.9 Å². The second kappa shape index (κ2) is 8.31. The number of nitro groups is 1. The molecule has 10 heteroatoms. The summed E-state index contributed by atoms with van der Waals surface area (Å²) in [6.07, 6.45) is 1.64. The van der Waals surface area contributed by atoms with Gasteiger partial charge in [0.05, 0.1) is 15.4 Å². The molecule has 4 rings (SSSR count).